The van der Waals surface area contributed by atoms with Crippen molar-refractivity contribution in [1.82, 2.24) is 35.4 Å². The van der Waals surface area contributed by atoms with Crippen molar-refractivity contribution >= 4 is 11.6 Å². The first-order chi connectivity index (χ1) is 19.0. The Morgan fingerprint density at radius 2 is 2.03 bits per heavy atom. The second-order valence-electron chi connectivity index (χ2n) is 10.0. The highest BCUT2D eigenvalue weighted by molar-refractivity contribution is 5.95. The number of halogens is 1. The fraction of sp³-hybridized carbons (Fsp3) is 0.321. The standard InChI is InChI=1S/C28H29FN8O2/c1-37-13-10-28(11-14-37,27-33-25(35-36-27)22-8-12-30-17-31-22)34-19-5-2-4-18(16-19)26(38)32-21-9-15-39-23-7-3-6-20(29)24(21)23/h2-8,12,16-17,21,34H,9-11,13-15H2,1H3,(H,32,38)(H,33,35,36)/t21-/m1/s1. The minimum absolute atomic E-state index is 0.275. The van der Waals surface area contributed by atoms with Crippen LogP contribution in [0.3, 0.4) is 0 Å². The highest BCUT2D eigenvalue weighted by Gasteiger charge is 2.39. The van der Waals surface area contributed by atoms with E-state index in [2.05, 4.69) is 42.7 Å². The number of anilines is 1. The fourth-order valence-corrected chi connectivity index (χ4v) is 5.25. The number of aromatic nitrogens is 5. The molecule has 1 saturated heterocycles. The Bertz CT molecular complexity index is 1470. The number of benzene rings is 2. The van der Waals surface area contributed by atoms with E-state index < -0.39 is 11.6 Å². The summed E-state index contributed by atoms with van der Waals surface area (Å²) in [5, 5.41) is 14.2. The largest absolute Gasteiger partial charge is 0.493 e. The number of H-pyrrole nitrogens is 1. The molecule has 1 fully saturated rings. The second-order valence-corrected chi connectivity index (χ2v) is 10.0. The van der Waals surface area contributed by atoms with Gasteiger partial charge in [-0.05, 0) is 56.3 Å². The van der Waals surface area contributed by atoms with Gasteiger partial charge in [-0.2, -0.15) is 5.10 Å². The highest BCUT2D eigenvalue weighted by atomic mass is 19.1. The van der Waals surface area contributed by atoms with Crippen LogP contribution in [0, 0.1) is 5.82 Å². The molecule has 2 aromatic carbocycles. The number of fused-ring (bicyclic) bond motifs is 1. The summed E-state index contributed by atoms with van der Waals surface area (Å²) in [5.41, 5.74) is 1.78. The fourth-order valence-electron chi connectivity index (χ4n) is 5.25. The number of aromatic amines is 1. The van der Waals surface area contributed by atoms with Crippen LogP contribution < -0.4 is 15.4 Å². The lowest BCUT2D eigenvalue weighted by molar-refractivity contribution is 0.0923. The maximum Gasteiger partial charge on any atom is 0.251 e. The van der Waals surface area contributed by atoms with E-state index in [1.54, 1.807) is 30.5 Å². The van der Waals surface area contributed by atoms with Gasteiger partial charge in [0.15, 0.2) is 11.6 Å². The first kappa shape index (κ1) is 24.9. The number of piperidine rings is 1. The maximum absolute atomic E-state index is 14.6. The molecule has 2 aliphatic rings. The van der Waals surface area contributed by atoms with Gasteiger partial charge in [0, 0.05) is 37.0 Å². The van der Waals surface area contributed by atoms with E-state index in [0.29, 0.717) is 47.2 Å². The molecular formula is C28H29FN8O2. The van der Waals surface area contributed by atoms with Crippen molar-refractivity contribution in [2.45, 2.75) is 30.8 Å². The van der Waals surface area contributed by atoms with E-state index >= 15 is 0 Å². The van der Waals surface area contributed by atoms with Crippen LogP contribution in [-0.2, 0) is 5.54 Å². The molecule has 0 spiro atoms. The molecule has 4 heterocycles. The number of nitrogens with one attached hydrogen (secondary N) is 3. The van der Waals surface area contributed by atoms with Gasteiger partial charge in [0.2, 0.25) is 0 Å². The van der Waals surface area contributed by atoms with Crippen molar-refractivity contribution in [2.75, 3.05) is 32.1 Å². The molecule has 11 heteroatoms. The predicted octanol–water partition coefficient (Wildman–Crippen LogP) is 3.69. The van der Waals surface area contributed by atoms with E-state index in [4.69, 9.17) is 9.72 Å². The SMILES string of the molecule is CN1CCC(Nc2cccc(C(=O)N[C@@H]3CCOc4cccc(F)c43)c2)(c2nc(-c3ccncn3)n[nH]2)CC1. The monoisotopic (exact) mass is 528 g/mol. The second kappa shape index (κ2) is 10.4. The summed E-state index contributed by atoms with van der Waals surface area (Å²) in [4.78, 5) is 28.6. The van der Waals surface area contributed by atoms with E-state index in [0.717, 1.165) is 31.6 Å². The van der Waals surface area contributed by atoms with Gasteiger partial charge in [0.25, 0.3) is 5.91 Å². The number of hydrogen-bond donors (Lipinski definition) is 3. The third kappa shape index (κ3) is 5.05. The molecule has 0 radical (unpaired) electrons. The summed E-state index contributed by atoms with van der Waals surface area (Å²) in [7, 11) is 2.10. The first-order valence-electron chi connectivity index (χ1n) is 13.0. The van der Waals surface area contributed by atoms with Crippen molar-refractivity contribution in [3.63, 3.8) is 0 Å². The Hall–Kier alpha value is -4.38. The Balaban J connectivity index is 1.25. The molecule has 2 aromatic heterocycles. The van der Waals surface area contributed by atoms with Crippen LogP contribution in [-0.4, -0.2) is 62.7 Å². The molecule has 6 rings (SSSR count). The summed E-state index contributed by atoms with van der Waals surface area (Å²) in [6.45, 7) is 2.14. The maximum atomic E-state index is 14.6. The molecule has 10 nitrogen and oxygen atoms in total. The molecule has 0 bridgehead atoms. The van der Waals surface area contributed by atoms with Crippen LogP contribution in [0.5, 0.6) is 5.75 Å². The molecule has 1 atom stereocenters. The van der Waals surface area contributed by atoms with Crippen molar-refractivity contribution in [3.05, 3.63) is 83.8 Å². The van der Waals surface area contributed by atoms with Gasteiger partial charge in [0.05, 0.1) is 23.8 Å². The summed E-state index contributed by atoms with van der Waals surface area (Å²) in [5.74, 6) is 1.03. The smallest absolute Gasteiger partial charge is 0.251 e. The summed E-state index contributed by atoms with van der Waals surface area (Å²) in [6, 6.07) is 13.4. The Labute approximate surface area is 225 Å². The number of carbonyl (C=O) groups excluding carboxylic acids is 1. The molecule has 3 N–H and O–H groups in total. The molecule has 0 saturated carbocycles. The third-order valence-electron chi connectivity index (χ3n) is 7.43. The normalized spacial score (nSPS) is 18.6. The van der Waals surface area contributed by atoms with Crippen molar-refractivity contribution in [1.29, 1.82) is 0 Å². The van der Waals surface area contributed by atoms with E-state index in [9.17, 15) is 9.18 Å². The lowest BCUT2D eigenvalue weighted by Gasteiger charge is -2.40. The Morgan fingerprint density at radius 3 is 2.85 bits per heavy atom. The Kier molecular flexibility index (Phi) is 6.65. The van der Waals surface area contributed by atoms with Crippen LogP contribution >= 0.6 is 0 Å². The van der Waals surface area contributed by atoms with E-state index in [1.807, 2.05) is 18.2 Å². The number of amides is 1. The lowest BCUT2D eigenvalue weighted by atomic mass is 9.86. The minimum Gasteiger partial charge on any atom is -0.493 e. The number of nitrogens with zero attached hydrogens (tertiary/aromatic N) is 5. The van der Waals surface area contributed by atoms with Crippen LogP contribution in [0.1, 0.15) is 47.1 Å². The first-order valence-corrected chi connectivity index (χ1v) is 13.0. The summed E-state index contributed by atoms with van der Waals surface area (Å²) < 4.78 is 20.2. The van der Waals surface area contributed by atoms with Gasteiger partial charge < -0.3 is 20.3 Å². The van der Waals surface area contributed by atoms with Gasteiger partial charge in [-0.1, -0.05) is 12.1 Å². The molecule has 200 valence electrons. The van der Waals surface area contributed by atoms with E-state index in [1.165, 1.54) is 12.4 Å². The molecule has 1 amide bonds. The molecular weight excluding hydrogens is 499 g/mol. The third-order valence-corrected chi connectivity index (χ3v) is 7.43. The highest BCUT2D eigenvalue weighted by Crippen LogP contribution is 2.36. The van der Waals surface area contributed by atoms with Crippen LogP contribution in [0.4, 0.5) is 10.1 Å². The zero-order chi connectivity index (χ0) is 26.8. The van der Waals surface area contributed by atoms with Gasteiger partial charge in [-0.25, -0.2) is 19.3 Å². The lowest BCUT2D eigenvalue weighted by Crippen LogP contribution is -2.46. The zero-order valence-corrected chi connectivity index (χ0v) is 21.5. The van der Waals surface area contributed by atoms with Gasteiger partial charge in [-0.15, -0.1) is 0 Å². The predicted molar refractivity (Wildman–Crippen MR) is 143 cm³/mol. The minimum atomic E-state index is -0.511. The summed E-state index contributed by atoms with van der Waals surface area (Å²) >= 11 is 0. The van der Waals surface area contributed by atoms with Gasteiger partial charge in [-0.3, -0.25) is 9.89 Å². The quantitative estimate of drug-likeness (QED) is 0.347. The van der Waals surface area contributed by atoms with Crippen molar-refractivity contribution in [2.24, 2.45) is 0 Å². The van der Waals surface area contributed by atoms with Gasteiger partial charge in [0.1, 0.15) is 23.6 Å². The molecule has 39 heavy (non-hydrogen) atoms. The summed E-state index contributed by atoms with van der Waals surface area (Å²) in [6.07, 6.45) is 5.20. The van der Waals surface area contributed by atoms with Crippen molar-refractivity contribution in [3.8, 4) is 17.3 Å². The Morgan fingerprint density at radius 1 is 1.18 bits per heavy atom. The van der Waals surface area contributed by atoms with Crippen LogP contribution in [0.15, 0.2) is 61.1 Å². The van der Waals surface area contributed by atoms with E-state index in [-0.39, 0.29) is 11.7 Å². The average molecular weight is 529 g/mol. The average Bonchev–Trinajstić information content (AvgIpc) is 3.47. The number of rotatable bonds is 6. The van der Waals surface area contributed by atoms with Gasteiger partial charge >= 0.3 is 0 Å². The molecule has 2 aliphatic heterocycles. The molecule has 0 unspecified atom stereocenters. The number of carbonyl (C=O) groups is 1. The van der Waals surface area contributed by atoms with Crippen molar-refractivity contribution < 1.29 is 13.9 Å². The molecule has 0 aliphatic carbocycles. The molecule has 4 aromatic rings. The zero-order valence-electron chi connectivity index (χ0n) is 21.5. The van der Waals surface area contributed by atoms with Crippen LogP contribution in [0.2, 0.25) is 0 Å². The number of hydrogen-bond acceptors (Lipinski definition) is 8. The number of likely N-dealkylation sites (tertiary alicyclic amines) is 1. The topological polar surface area (TPSA) is 121 Å². The number of ether oxygens (including phenoxy) is 1. The van der Waals surface area contributed by atoms with Crippen LogP contribution in [0.25, 0.3) is 11.5 Å².